The third-order valence-corrected chi connectivity index (χ3v) is 3.62. The van der Waals surface area contributed by atoms with E-state index in [1.807, 2.05) is 33.8 Å². The summed E-state index contributed by atoms with van der Waals surface area (Å²) < 4.78 is 0. The molecular weight excluding hydrogens is 242 g/mol. The Balaban J connectivity index is 3.09. The molecule has 0 fully saturated rings. The van der Waals surface area contributed by atoms with Crippen molar-refractivity contribution in [1.82, 2.24) is 0 Å². The van der Waals surface area contributed by atoms with Crippen LogP contribution in [0, 0.1) is 27.7 Å². The van der Waals surface area contributed by atoms with E-state index in [2.05, 4.69) is 0 Å². The van der Waals surface area contributed by atoms with Gasteiger partial charge < -0.3 is 10.8 Å². The number of carbonyl (C=O) groups is 2. The zero-order valence-corrected chi connectivity index (χ0v) is 11.9. The predicted octanol–water partition coefficient (Wildman–Crippen LogP) is 2.30. The highest BCUT2D eigenvalue weighted by atomic mass is 16.4. The molecule has 0 saturated heterocycles. The minimum atomic E-state index is -0.933. The van der Waals surface area contributed by atoms with Crippen molar-refractivity contribution >= 4 is 11.8 Å². The van der Waals surface area contributed by atoms with Gasteiger partial charge in [-0.15, -0.1) is 0 Å². The van der Waals surface area contributed by atoms with Crippen LogP contribution in [0.2, 0.25) is 0 Å². The van der Waals surface area contributed by atoms with Crippen molar-refractivity contribution in [1.29, 1.82) is 0 Å². The Morgan fingerprint density at radius 3 is 2.05 bits per heavy atom. The van der Waals surface area contributed by atoms with Crippen LogP contribution in [-0.4, -0.2) is 22.9 Å². The first kappa shape index (κ1) is 15.4. The molecule has 0 aliphatic rings. The average molecular weight is 263 g/mol. The predicted molar refractivity (Wildman–Crippen MR) is 74.6 cm³/mol. The number of Topliss-reactive ketones (excluding diaryl/α,β-unsaturated/α-hetero) is 1. The van der Waals surface area contributed by atoms with Crippen LogP contribution >= 0.6 is 0 Å². The number of nitrogens with two attached hydrogens (primary N) is 1. The number of aryl methyl sites for hydroxylation is 2. The molecule has 4 nitrogen and oxygen atoms in total. The van der Waals surface area contributed by atoms with E-state index in [-0.39, 0.29) is 18.6 Å². The smallest absolute Gasteiger partial charge is 0.303 e. The van der Waals surface area contributed by atoms with Crippen molar-refractivity contribution in [3.63, 3.8) is 0 Å². The van der Waals surface area contributed by atoms with Crippen molar-refractivity contribution in [3.05, 3.63) is 33.9 Å². The molecule has 0 bridgehead atoms. The Labute approximate surface area is 113 Å². The van der Waals surface area contributed by atoms with Gasteiger partial charge in [0.1, 0.15) is 0 Å². The van der Waals surface area contributed by atoms with Gasteiger partial charge in [-0.05, 0) is 56.4 Å². The van der Waals surface area contributed by atoms with E-state index in [1.54, 1.807) is 0 Å². The fourth-order valence-corrected chi connectivity index (χ4v) is 2.18. The fraction of sp³-hybridized carbons (Fsp3) is 0.467. The zero-order valence-electron chi connectivity index (χ0n) is 11.9. The summed E-state index contributed by atoms with van der Waals surface area (Å²) in [5.74, 6) is -1.10. The number of ketones is 1. The van der Waals surface area contributed by atoms with Crippen LogP contribution in [0.1, 0.15) is 45.5 Å². The number of carboxylic acids is 1. The third kappa shape index (κ3) is 3.41. The van der Waals surface area contributed by atoms with Crippen molar-refractivity contribution in [2.75, 3.05) is 0 Å². The molecule has 0 radical (unpaired) electrons. The molecule has 104 valence electrons. The quantitative estimate of drug-likeness (QED) is 0.799. The van der Waals surface area contributed by atoms with Gasteiger partial charge in [0, 0.05) is 12.0 Å². The minimum absolute atomic E-state index is 0.0875. The van der Waals surface area contributed by atoms with E-state index >= 15 is 0 Å². The lowest BCUT2D eigenvalue weighted by atomic mass is 9.88. The summed E-state index contributed by atoms with van der Waals surface area (Å²) in [6, 6.07) is 1.29. The SMILES string of the molecule is Cc1cc(C)c(C)c(C(=O)C(N)CCC(=O)O)c1C. The molecule has 0 heterocycles. The van der Waals surface area contributed by atoms with E-state index in [0.717, 1.165) is 22.3 Å². The highest BCUT2D eigenvalue weighted by molar-refractivity contribution is 6.03. The van der Waals surface area contributed by atoms with Crippen LogP contribution in [0.3, 0.4) is 0 Å². The highest BCUT2D eigenvalue weighted by Gasteiger charge is 2.22. The lowest BCUT2D eigenvalue weighted by Gasteiger charge is -2.17. The number of carboxylic acid groups (broad SMARTS) is 1. The molecule has 0 aromatic heterocycles. The first-order valence-corrected chi connectivity index (χ1v) is 6.34. The second kappa shape index (κ2) is 5.97. The van der Waals surface area contributed by atoms with Gasteiger partial charge in [0.2, 0.25) is 0 Å². The van der Waals surface area contributed by atoms with Crippen LogP contribution in [0.5, 0.6) is 0 Å². The molecule has 0 saturated carbocycles. The highest BCUT2D eigenvalue weighted by Crippen LogP contribution is 2.23. The van der Waals surface area contributed by atoms with Crippen LogP contribution in [0.4, 0.5) is 0 Å². The summed E-state index contributed by atoms with van der Waals surface area (Å²) in [6.45, 7) is 7.72. The second-order valence-electron chi connectivity index (χ2n) is 5.04. The van der Waals surface area contributed by atoms with Gasteiger partial charge in [0.25, 0.3) is 0 Å². The third-order valence-electron chi connectivity index (χ3n) is 3.62. The summed E-state index contributed by atoms with van der Waals surface area (Å²) in [6.07, 6.45) is 0.0792. The maximum atomic E-state index is 12.4. The molecule has 4 heteroatoms. The number of aliphatic carboxylic acids is 1. The molecule has 1 aromatic carbocycles. The van der Waals surface area contributed by atoms with Crippen molar-refractivity contribution < 1.29 is 14.7 Å². The van der Waals surface area contributed by atoms with Crippen LogP contribution in [-0.2, 0) is 4.79 Å². The normalized spacial score (nSPS) is 12.3. The molecule has 1 unspecified atom stereocenters. The Kier molecular flexibility index (Phi) is 4.84. The van der Waals surface area contributed by atoms with Crippen molar-refractivity contribution in [3.8, 4) is 0 Å². The largest absolute Gasteiger partial charge is 0.481 e. The lowest BCUT2D eigenvalue weighted by Crippen LogP contribution is -2.32. The van der Waals surface area contributed by atoms with E-state index < -0.39 is 12.0 Å². The van der Waals surface area contributed by atoms with Gasteiger partial charge in [-0.25, -0.2) is 0 Å². The van der Waals surface area contributed by atoms with E-state index in [4.69, 9.17) is 10.8 Å². The molecular formula is C15H21NO3. The summed E-state index contributed by atoms with van der Waals surface area (Å²) in [4.78, 5) is 22.9. The molecule has 3 N–H and O–H groups in total. The lowest BCUT2D eigenvalue weighted by molar-refractivity contribution is -0.137. The van der Waals surface area contributed by atoms with Crippen molar-refractivity contribution in [2.24, 2.45) is 5.73 Å². The molecule has 19 heavy (non-hydrogen) atoms. The molecule has 1 rings (SSSR count). The maximum absolute atomic E-state index is 12.4. The summed E-state index contributed by atoms with van der Waals surface area (Å²) in [5.41, 5.74) is 10.4. The fourth-order valence-electron chi connectivity index (χ4n) is 2.18. The monoisotopic (exact) mass is 263 g/mol. The summed E-state index contributed by atoms with van der Waals surface area (Å²) in [7, 11) is 0. The topological polar surface area (TPSA) is 80.4 Å². The van der Waals surface area contributed by atoms with Crippen LogP contribution < -0.4 is 5.73 Å². The molecule has 0 aliphatic heterocycles. The van der Waals surface area contributed by atoms with E-state index in [0.29, 0.717) is 5.56 Å². The first-order chi connectivity index (χ1) is 8.75. The van der Waals surface area contributed by atoms with E-state index in [9.17, 15) is 9.59 Å². The van der Waals surface area contributed by atoms with Gasteiger partial charge in [-0.3, -0.25) is 9.59 Å². The van der Waals surface area contributed by atoms with Crippen molar-refractivity contribution in [2.45, 2.75) is 46.6 Å². The molecule has 0 spiro atoms. The van der Waals surface area contributed by atoms with Gasteiger partial charge in [0.15, 0.2) is 5.78 Å². The summed E-state index contributed by atoms with van der Waals surface area (Å²) in [5, 5.41) is 8.65. The standard InChI is InChI=1S/C15H21NO3/c1-8-7-9(2)11(4)14(10(8)3)15(19)12(16)5-6-13(17)18/h7,12H,5-6,16H2,1-4H3,(H,17,18). The number of rotatable bonds is 5. The minimum Gasteiger partial charge on any atom is -0.481 e. The number of hydrogen-bond donors (Lipinski definition) is 2. The Hall–Kier alpha value is -1.68. The van der Waals surface area contributed by atoms with Crippen LogP contribution in [0.25, 0.3) is 0 Å². The number of benzene rings is 1. The summed E-state index contributed by atoms with van der Waals surface area (Å²) >= 11 is 0. The zero-order chi connectivity index (χ0) is 14.7. The first-order valence-electron chi connectivity index (χ1n) is 6.34. The van der Waals surface area contributed by atoms with E-state index in [1.165, 1.54) is 0 Å². The average Bonchev–Trinajstić information content (AvgIpc) is 2.33. The Morgan fingerprint density at radius 2 is 1.63 bits per heavy atom. The number of carbonyl (C=O) groups excluding carboxylic acids is 1. The van der Waals surface area contributed by atoms with Gasteiger partial charge >= 0.3 is 5.97 Å². The Morgan fingerprint density at radius 1 is 1.16 bits per heavy atom. The van der Waals surface area contributed by atoms with Crippen LogP contribution in [0.15, 0.2) is 6.07 Å². The van der Waals surface area contributed by atoms with Gasteiger partial charge in [0.05, 0.1) is 6.04 Å². The number of hydrogen-bond acceptors (Lipinski definition) is 3. The Bertz CT molecular complexity index is 494. The molecule has 1 aromatic rings. The maximum Gasteiger partial charge on any atom is 0.303 e. The molecule has 0 amide bonds. The van der Waals surface area contributed by atoms with Gasteiger partial charge in [-0.2, -0.15) is 0 Å². The van der Waals surface area contributed by atoms with Gasteiger partial charge in [-0.1, -0.05) is 6.07 Å². The second-order valence-corrected chi connectivity index (χ2v) is 5.04. The molecule has 1 atom stereocenters. The molecule has 0 aliphatic carbocycles.